The molecule has 3 heterocycles. The predicted molar refractivity (Wildman–Crippen MR) is 128 cm³/mol. The summed E-state index contributed by atoms with van der Waals surface area (Å²) in [5.74, 6) is -0.186. The normalized spacial score (nSPS) is 17.9. The third-order valence-corrected chi connectivity index (χ3v) is 5.85. The van der Waals surface area contributed by atoms with Gasteiger partial charge in [-0.15, -0.1) is 0 Å². The first-order valence-electron chi connectivity index (χ1n) is 12.3. The fraction of sp³-hybridized carbons (Fsp3) is 0.280. The molecule has 34 heavy (non-hydrogen) atoms. The largest absolute Gasteiger partial charge is 0.340 e. The molecular weight excluding hydrogens is 435 g/mol. The molecular formula is C25H25FN6O2. The lowest BCUT2D eigenvalue weighted by atomic mass is 10.1. The number of aromatic nitrogens is 2. The van der Waals surface area contributed by atoms with E-state index >= 15 is 0 Å². The van der Waals surface area contributed by atoms with Crippen LogP contribution in [0.1, 0.15) is 51.1 Å². The lowest BCUT2D eigenvalue weighted by Gasteiger charge is -2.30. The number of nitrogens with one attached hydrogen (secondary N) is 1. The van der Waals surface area contributed by atoms with E-state index < -0.39 is 18.2 Å². The summed E-state index contributed by atoms with van der Waals surface area (Å²) >= 11 is 0. The van der Waals surface area contributed by atoms with Gasteiger partial charge in [-0.1, -0.05) is 24.3 Å². The van der Waals surface area contributed by atoms with Gasteiger partial charge in [0.2, 0.25) is 5.96 Å². The van der Waals surface area contributed by atoms with Gasteiger partial charge in [0.05, 0.1) is 18.6 Å². The minimum atomic E-state index is -2.72. The van der Waals surface area contributed by atoms with Crippen molar-refractivity contribution in [3.05, 3.63) is 71.0 Å². The first-order chi connectivity index (χ1) is 17.3. The first-order valence-corrected chi connectivity index (χ1v) is 10.8. The van der Waals surface area contributed by atoms with E-state index in [1.165, 1.54) is 29.2 Å². The Kier molecular flexibility index (Phi) is 4.22. The summed E-state index contributed by atoms with van der Waals surface area (Å²) in [6, 6.07) is 12.0. The number of benzene rings is 2. The fourth-order valence-electron chi connectivity index (χ4n) is 4.19. The van der Waals surface area contributed by atoms with Gasteiger partial charge in [-0.3, -0.25) is 19.4 Å². The lowest BCUT2D eigenvalue weighted by Crippen LogP contribution is -2.48. The van der Waals surface area contributed by atoms with Crippen LogP contribution in [-0.4, -0.2) is 51.5 Å². The van der Waals surface area contributed by atoms with E-state index in [0.717, 1.165) is 5.56 Å². The molecule has 0 aliphatic carbocycles. The molecule has 1 aromatic heterocycles. The number of anilines is 3. The maximum absolute atomic E-state index is 13.5. The van der Waals surface area contributed by atoms with Crippen LogP contribution in [-0.2, 0) is 6.54 Å². The smallest absolute Gasteiger partial charge is 0.267 e. The summed E-state index contributed by atoms with van der Waals surface area (Å²) in [4.78, 5) is 33.7. The first kappa shape index (κ1) is 18.4. The van der Waals surface area contributed by atoms with Crippen molar-refractivity contribution in [1.82, 2.24) is 14.7 Å². The van der Waals surface area contributed by atoms with Crippen LogP contribution in [0.15, 0.2) is 53.5 Å². The molecule has 5 rings (SSSR count). The summed E-state index contributed by atoms with van der Waals surface area (Å²) in [5.41, 5.74) is 1.34. The zero-order valence-corrected chi connectivity index (χ0v) is 19.0. The van der Waals surface area contributed by atoms with E-state index in [0.29, 0.717) is 35.4 Å². The minimum absolute atomic E-state index is 0.0881. The van der Waals surface area contributed by atoms with Crippen molar-refractivity contribution in [3.63, 3.8) is 0 Å². The van der Waals surface area contributed by atoms with Gasteiger partial charge in [0, 0.05) is 22.4 Å². The highest BCUT2D eigenvalue weighted by Gasteiger charge is 2.45. The van der Waals surface area contributed by atoms with Crippen LogP contribution in [0.5, 0.6) is 0 Å². The third-order valence-electron chi connectivity index (χ3n) is 5.85. The molecule has 0 bridgehead atoms. The van der Waals surface area contributed by atoms with E-state index in [4.69, 9.17) is 14.2 Å². The number of ketones is 1. The van der Waals surface area contributed by atoms with Gasteiger partial charge in [0.25, 0.3) is 5.91 Å². The number of amides is 1. The molecule has 3 aromatic rings. The van der Waals surface area contributed by atoms with Gasteiger partial charge in [0.1, 0.15) is 17.2 Å². The number of carbonyl (C=O) groups is 2. The summed E-state index contributed by atoms with van der Waals surface area (Å²) in [6.07, 6.45) is 0. The Labute approximate surface area is 200 Å². The number of guanidine groups is 1. The number of carbonyl (C=O) groups excluding carboxylic acids is 2. The Morgan fingerprint density at radius 2 is 1.88 bits per heavy atom. The second-order valence-electron chi connectivity index (χ2n) is 9.04. The van der Waals surface area contributed by atoms with E-state index in [-0.39, 0.29) is 23.8 Å². The van der Waals surface area contributed by atoms with Crippen molar-refractivity contribution in [3.8, 4) is 0 Å². The summed E-state index contributed by atoms with van der Waals surface area (Å²) in [7, 11) is 1.66. The van der Waals surface area contributed by atoms with Gasteiger partial charge in [-0.05, 0) is 50.5 Å². The maximum atomic E-state index is 13.5. The zero-order chi connectivity index (χ0) is 26.7. The second-order valence-corrected chi connectivity index (χ2v) is 9.04. The molecule has 1 N–H and O–H groups in total. The molecule has 8 nitrogen and oxygen atoms in total. The van der Waals surface area contributed by atoms with Crippen LogP contribution in [0.2, 0.25) is 0 Å². The number of hydrogen-bond acceptors (Lipinski definition) is 6. The minimum Gasteiger partial charge on any atom is -0.340 e. The van der Waals surface area contributed by atoms with Gasteiger partial charge < -0.3 is 5.32 Å². The second kappa shape index (κ2) is 7.79. The van der Waals surface area contributed by atoms with Crippen molar-refractivity contribution in [1.29, 1.82) is 0 Å². The predicted octanol–water partition coefficient (Wildman–Crippen LogP) is 4.06. The molecule has 0 atom stereocenters. The molecule has 0 radical (unpaired) electrons. The van der Waals surface area contributed by atoms with E-state index in [1.54, 1.807) is 36.0 Å². The number of fused-ring (bicyclic) bond motifs is 3. The van der Waals surface area contributed by atoms with E-state index in [1.807, 2.05) is 18.7 Å². The number of nitrogens with zero attached hydrogens (tertiary/aromatic N) is 5. The van der Waals surface area contributed by atoms with Gasteiger partial charge >= 0.3 is 0 Å². The lowest BCUT2D eigenvalue weighted by molar-refractivity contribution is 0.0866. The molecule has 0 spiro atoms. The molecule has 2 aliphatic heterocycles. The molecule has 0 saturated heterocycles. The number of aliphatic imine (C=N–C) groups is 1. The van der Waals surface area contributed by atoms with Crippen LogP contribution in [0.3, 0.4) is 0 Å². The number of hydrogen-bond donors (Lipinski definition) is 1. The molecule has 0 unspecified atom stereocenters. The molecule has 174 valence electrons. The molecule has 2 aromatic carbocycles. The highest BCUT2D eigenvalue weighted by Crippen LogP contribution is 2.38. The Hall–Kier alpha value is -4.01. The van der Waals surface area contributed by atoms with Gasteiger partial charge in [0.15, 0.2) is 11.6 Å². The Balaban J connectivity index is 1.56. The van der Waals surface area contributed by atoms with Crippen molar-refractivity contribution < 1.29 is 18.1 Å². The van der Waals surface area contributed by atoms with Crippen molar-refractivity contribution >= 4 is 35.0 Å². The molecule has 9 heteroatoms. The van der Waals surface area contributed by atoms with Gasteiger partial charge in [-0.2, -0.15) is 5.10 Å². The summed E-state index contributed by atoms with van der Waals surface area (Å²) < 4.78 is 37.2. The number of rotatable bonds is 5. The Bertz CT molecular complexity index is 1430. The SMILES string of the molecule is [2H]C([2H])([2H])C(=O)c1ccc(Cn2nc3c(c2Nc2ccc(F)cc2)C(=O)N(C)C2=NC(C)(C)CN23)cc1. The van der Waals surface area contributed by atoms with Crippen LogP contribution in [0.25, 0.3) is 0 Å². The van der Waals surface area contributed by atoms with Gasteiger partial charge in [-0.25, -0.2) is 14.1 Å². The highest BCUT2D eigenvalue weighted by molar-refractivity contribution is 6.20. The van der Waals surface area contributed by atoms with E-state index in [9.17, 15) is 14.0 Å². The van der Waals surface area contributed by atoms with Crippen molar-refractivity contribution in [2.75, 3.05) is 23.8 Å². The van der Waals surface area contributed by atoms with Crippen LogP contribution in [0, 0.1) is 5.82 Å². The standard InChI is InChI=1S/C25H25FN6O2/c1-15(33)17-7-5-16(6-8-17)13-32-21(27-19-11-9-18(26)10-12-19)20-22(29-32)31-14-25(2,3)28-24(31)30(4)23(20)34/h5-12,27H,13-14H2,1-4H3/i1D3. The summed E-state index contributed by atoms with van der Waals surface area (Å²) in [5, 5.41) is 7.99. The van der Waals surface area contributed by atoms with Crippen LogP contribution < -0.4 is 10.2 Å². The highest BCUT2D eigenvalue weighted by atomic mass is 19.1. The average molecular weight is 464 g/mol. The quantitative estimate of drug-likeness (QED) is 0.577. The molecule has 2 aliphatic rings. The topological polar surface area (TPSA) is 82.8 Å². The summed E-state index contributed by atoms with van der Waals surface area (Å²) in [6.45, 7) is 2.00. The fourth-order valence-corrected chi connectivity index (χ4v) is 4.19. The Morgan fingerprint density at radius 1 is 1.18 bits per heavy atom. The van der Waals surface area contributed by atoms with Crippen LogP contribution in [0.4, 0.5) is 21.7 Å². The molecule has 0 saturated carbocycles. The van der Waals surface area contributed by atoms with Crippen LogP contribution >= 0.6 is 0 Å². The monoisotopic (exact) mass is 463 g/mol. The van der Waals surface area contributed by atoms with E-state index in [2.05, 4.69) is 5.32 Å². The zero-order valence-electron chi connectivity index (χ0n) is 22.0. The van der Waals surface area contributed by atoms with Crippen molar-refractivity contribution in [2.45, 2.75) is 32.8 Å². The Morgan fingerprint density at radius 3 is 2.56 bits per heavy atom. The number of Topliss-reactive ketones (excluding diaryl/α,β-unsaturated/α-hetero) is 1. The van der Waals surface area contributed by atoms with Crippen molar-refractivity contribution in [2.24, 2.45) is 4.99 Å². The average Bonchev–Trinajstić information content (AvgIpc) is 3.35. The third kappa shape index (κ3) is 3.72. The molecule has 1 amide bonds. The molecule has 0 fully saturated rings. The maximum Gasteiger partial charge on any atom is 0.267 e. The number of halogens is 1.